The Balaban J connectivity index is 2.13. The lowest BCUT2D eigenvalue weighted by Crippen LogP contribution is -2.32. The van der Waals surface area contributed by atoms with Crippen molar-refractivity contribution in [2.75, 3.05) is 20.1 Å². The summed E-state index contributed by atoms with van der Waals surface area (Å²) in [6, 6.07) is 0. The lowest BCUT2D eigenvalue weighted by atomic mass is 10.3. The SMILES string of the molecule is CCCCN/C=C\N(C)CCC[n+]1ccn(CCCC)c1. The Morgan fingerprint density at radius 2 is 2.00 bits per heavy atom. The van der Waals surface area contributed by atoms with Crippen LogP contribution in [-0.2, 0) is 13.1 Å². The van der Waals surface area contributed by atoms with Gasteiger partial charge in [0, 0.05) is 39.0 Å². The molecule has 0 unspecified atom stereocenters. The molecule has 0 bridgehead atoms. The van der Waals surface area contributed by atoms with E-state index in [0.717, 1.165) is 32.6 Å². The van der Waals surface area contributed by atoms with Crippen LogP contribution in [0.1, 0.15) is 46.0 Å². The summed E-state index contributed by atoms with van der Waals surface area (Å²) in [4.78, 5) is 2.24. The minimum absolute atomic E-state index is 1.07. The molecule has 21 heavy (non-hydrogen) atoms. The van der Waals surface area contributed by atoms with Gasteiger partial charge in [0.1, 0.15) is 12.4 Å². The molecule has 0 spiro atoms. The number of nitrogens with zero attached hydrogens (tertiary/aromatic N) is 3. The molecule has 0 aliphatic rings. The normalized spacial score (nSPS) is 11.2. The minimum Gasteiger partial charge on any atom is -0.390 e. The maximum absolute atomic E-state index is 3.32. The third-order valence-corrected chi connectivity index (χ3v) is 3.56. The highest BCUT2D eigenvalue weighted by Gasteiger charge is 2.03. The summed E-state index contributed by atoms with van der Waals surface area (Å²) in [5, 5.41) is 3.32. The van der Waals surface area contributed by atoms with Gasteiger partial charge in [0.25, 0.3) is 0 Å². The van der Waals surface area contributed by atoms with Crippen molar-refractivity contribution in [1.29, 1.82) is 0 Å². The predicted molar refractivity (Wildman–Crippen MR) is 88.8 cm³/mol. The van der Waals surface area contributed by atoms with E-state index >= 15 is 0 Å². The molecule has 0 atom stereocenters. The number of unbranched alkanes of at least 4 members (excludes halogenated alkanes) is 2. The molecule has 1 N–H and O–H groups in total. The molecule has 0 saturated heterocycles. The third-order valence-electron chi connectivity index (χ3n) is 3.56. The zero-order valence-corrected chi connectivity index (χ0v) is 14.1. The number of aryl methyl sites for hydroxylation is 2. The van der Waals surface area contributed by atoms with Crippen molar-refractivity contribution in [2.24, 2.45) is 0 Å². The fourth-order valence-electron chi connectivity index (χ4n) is 2.16. The van der Waals surface area contributed by atoms with E-state index in [9.17, 15) is 0 Å². The number of aromatic nitrogens is 2. The molecule has 4 heteroatoms. The van der Waals surface area contributed by atoms with Crippen molar-refractivity contribution in [3.63, 3.8) is 0 Å². The molecule has 0 aliphatic carbocycles. The summed E-state index contributed by atoms with van der Waals surface area (Å²) in [6.45, 7) is 8.82. The minimum atomic E-state index is 1.07. The van der Waals surface area contributed by atoms with Gasteiger partial charge in [-0.25, -0.2) is 9.13 Å². The molecule has 0 fully saturated rings. The molecule has 0 aliphatic heterocycles. The monoisotopic (exact) mass is 293 g/mol. The van der Waals surface area contributed by atoms with Gasteiger partial charge >= 0.3 is 0 Å². The standard InChI is InChI=1S/C17H33N4/c1-4-6-9-18-10-14-19(3)11-8-13-21-16-15-20(17-21)12-7-5-2/h10,14-18H,4-9,11-13H2,1-3H3/q+1/b14-10-. The maximum atomic E-state index is 3.32. The summed E-state index contributed by atoms with van der Waals surface area (Å²) in [6.07, 6.45) is 16.9. The lowest BCUT2D eigenvalue weighted by molar-refractivity contribution is -0.696. The van der Waals surface area contributed by atoms with Crippen LogP contribution in [0.5, 0.6) is 0 Å². The van der Waals surface area contributed by atoms with Gasteiger partial charge in [-0.05, 0) is 12.8 Å². The van der Waals surface area contributed by atoms with Crippen LogP contribution in [0.15, 0.2) is 31.1 Å². The highest BCUT2D eigenvalue weighted by molar-refractivity contribution is 4.78. The predicted octanol–water partition coefficient (Wildman–Crippen LogP) is 2.76. The first-order valence-electron chi connectivity index (χ1n) is 8.41. The van der Waals surface area contributed by atoms with Crippen LogP contribution >= 0.6 is 0 Å². The van der Waals surface area contributed by atoms with Gasteiger partial charge in [-0.3, -0.25) is 0 Å². The largest absolute Gasteiger partial charge is 0.390 e. The Bertz CT molecular complexity index is 384. The van der Waals surface area contributed by atoms with E-state index < -0.39 is 0 Å². The Morgan fingerprint density at radius 3 is 2.76 bits per heavy atom. The molecule has 1 rings (SSSR count). The Hall–Kier alpha value is -1.45. The van der Waals surface area contributed by atoms with Gasteiger partial charge < -0.3 is 10.2 Å². The smallest absolute Gasteiger partial charge is 0.243 e. The summed E-state index contributed by atoms with van der Waals surface area (Å²) < 4.78 is 4.57. The zero-order chi connectivity index (χ0) is 15.3. The molecule has 4 nitrogen and oxygen atoms in total. The third kappa shape index (κ3) is 8.43. The fourth-order valence-corrected chi connectivity index (χ4v) is 2.16. The average molecular weight is 293 g/mol. The number of hydrogen-bond acceptors (Lipinski definition) is 2. The highest BCUT2D eigenvalue weighted by atomic mass is 15.1. The summed E-state index contributed by atoms with van der Waals surface area (Å²) in [5.41, 5.74) is 0. The number of imidazole rings is 1. The van der Waals surface area contributed by atoms with Crippen molar-refractivity contribution >= 4 is 0 Å². The molecule has 0 radical (unpaired) electrons. The molecule has 0 saturated carbocycles. The van der Waals surface area contributed by atoms with Gasteiger partial charge in [-0.15, -0.1) is 0 Å². The number of rotatable bonds is 12. The van der Waals surface area contributed by atoms with Crippen molar-refractivity contribution < 1.29 is 4.57 Å². The van der Waals surface area contributed by atoms with Crippen LogP contribution in [0.4, 0.5) is 0 Å². The average Bonchev–Trinajstić information content (AvgIpc) is 2.93. The van der Waals surface area contributed by atoms with E-state index in [1.165, 1.54) is 25.7 Å². The van der Waals surface area contributed by atoms with Crippen LogP contribution in [0.25, 0.3) is 0 Å². The van der Waals surface area contributed by atoms with E-state index in [0.29, 0.717) is 0 Å². The van der Waals surface area contributed by atoms with Crippen LogP contribution in [-0.4, -0.2) is 29.6 Å². The van der Waals surface area contributed by atoms with Gasteiger partial charge in [0.05, 0.1) is 13.1 Å². The summed E-state index contributed by atoms with van der Waals surface area (Å²) >= 11 is 0. The number of nitrogens with one attached hydrogen (secondary N) is 1. The van der Waals surface area contributed by atoms with Gasteiger partial charge in [0.15, 0.2) is 0 Å². The van der Waals surface area contributed by atoms with Crippen molar-refractivity contribution in [2.45, 2.75) is 59.0 Å². The quantitative estimate of drug-likeness (QED) is 0.473. The number of hydrogen-bond donors (Lipinski definition) is 1. The Labute approximate surface area is 130 Å². The van der Waals surface area contributed by atoms with Crippen molar-refractivity contribution in [3.8, 4) is 0 Å². The second kappa shape index (κ2) is 11.2. The molecule has 120 valence electrons. The Morgan fingerprint density at radius 1 is 1.19 bits per heavy atom. The van der Waals surface area contributed by atoms with Crippen molar-refractivity contribution in [3.05, 3.63) is 31.1 Å². The first-order chi connectivity index (χ1) is 10.3. The molecule has 1 heterocycles. The van der Waals surface area contributed by atoms with Crippen LogP contribution in [0.2, 0.25) is 0 Å². The van der Waals surface area contributed by atoms with E-state index in [1.54, 1.807) is 0 Å². The summed E-state index contributed by atoms with van der Waals surface area (Å²) in [7, 11) is 2.13. The van der Waals surface area contributed by atoms with Gasteiger partial charge in [-0.2, -0.15) is 0 Å². The maximum Gasteiger partial charge on any atom is 0.243 e. The Kier molecular flexibility index (Phi) is 9.42. The topological polar surface area (TPSA) is 24.1 Å². The molecule has 1 aromatic heterocycles. The second-order valence-electron chi connectivity index (χ2n) is 5.70. The van der Waals surface area contributed by atoms with E-state index in [-0.39, 0.29) is 0 Å². The van der Waals surface area contributed by atoms with E-state index in [4.69, 9.17) is 0 Å². The van der Waals surface area contributed by atoms with E-state index in [1.807, 2.05) is 0 Å². The van der Waals surface area contributed by atoms with Crippen LogP contribution in [0.3, 0.4) is 0 Å². The van der Waals surface area contributed by atoms with Crippen molar-refractivity contribution in [1.82, 2.24) is 14.8 Å². The van der Waals surface area contributed by atoms with Crippen LogP contribution in [0, 0.1) is 0 Å². The first kappa shape index (κ1) is 17.6. The fraction of sp³-hybridized carbons (Fsp3) is 0.706. The van der Waals surface area contributed by atoms with Gasteiger partial charge in [-0.1, -0.05) is 26.7 Å². The van der Waals surface area contributed by atoms with E-state index in [2.05, 4.69) is 71.4 Å². The zero-order valence-electron chi connectivity index (χ0n) is 14.1. The second-order valence-corrected chi connectivity index (χ2v) is 5.70. The summed E-state index contributed by atoms with van der Waals surface area (Å²) in [5.74, 6) is 0. The molecular weight excluding hydrogens is 260 g/mol. The first-order valence-corrected chi connectivity index (χ1v) is 8.41. The highest BCUT2D eigenvalue weighted by Crippen LogP contribution is 1.94. The van der Waals surface area contributed by atoms with Crippen LogP contribution < -0.4 is 9.88 Å². The molecule has 0 aromatic carbocycles. The molecule has 0 amide bonds. The lowest BCUT2D eigenvalue weighted by Gasteiger charge is -2.12. The molecule has 1 aromatic rings. The molecular formula is C17H33N4+. The van der Waals surface area contributed by atoms with Gasteiger partial charge in [0.2, 0.25) is 6.33 Å².